The van der Waals surface area contributed by atoms with Crippen LogP contribution in [-0.4, -0.2) is 13.6 Å². The molecular formula is C17H21NO. The maximum atomic E-state index is 6.12. The molecule has 2 heteroatoms. The average molecular weight is 255 g/mol. The first-order valence-electron chi connectivity index (χ1n) is 6.72. The third-order valence-corrected chi connectivity index (χ3v) is 3.13. The number of hydrogen-bond donors (Lipinski definition) is 1. The van der Waals surface area contributed by atoms with Crippen LogP contribution in [0.5, 0.6) is 5.75 Å². The van der Waals surface area contributed by atoms with E-state index in [1.54, 1.807) is 0 Å². The zero-order chi connectivity index (χ0) is 13.5. The number of benzene rings is 2. The first kappa shape index (κ1) is 13.6. The molecule has 0 aliphatic heterocycles. The fourth-order valence-electron chi connectivity index (χ4n) is 2.02. The minimum Gasteiger partial charge on any atom is -0.486 e. The van der Waals surface area contributed by atoms with Gasteiger partial charge in [-0.25, -0.2) is 0 Å². The molecule has 19 heavy (non-hydrogen) atoms. The van der Waals surface area contributed by atoms with Gasteiger partial charge in [0.15, 0.2) is 0 Å². The Morgan fingerprint density at radius 2 is 1.68 bits per heavy atom. The Bertz CT molecular complexity index is 478. The quantitative estimate of drug-likeness (QED) is 0.849. The summed E-state index contributed by atoms with van der Waals surface area (Å²) in [5, 5.41) is 3.18. The van der Waals surface area contributed by atoms with Crippen molar-refractivity contribution in [3.8, 4) is 5.75 Å². The number of hydrogen-bond acceptors (Lipinski definition) is 2. The topological polar surface area (TPSA) is 21.3 Å². The highest BCUT2D eigenvalue weighted by atomic mass is 16.5. The van der Waals surface area contributed by atoms with E-state index in [4.69, 9.17) is 4.74 Å². The van der Waals surface area contributed by atoms with Crippen molar-refractivity contribution in [2.24, 2.45) is 0 Å². The van der Waals surface area contributed by atoms with Gasteiger partial charge in [-0.05, 0) is 38.2 Å². The Hall–Kier alpha value is -1.80. The van der Waals surface area contributed by atoms with Gasteiger partial charge in [0, 0.05) is 6.42 Å². The third kappa shape index (κ3) is 4.11. The lowest BCUT2D eigenvalue weighted by Crippen LogP contribution is -2.16. The standard InChI is InChI=1S/C17H21NO/c1-14-8-10-16(11-9-14)19-17(12-13-18-2)15-6-4-3-5-7-15/h3-11,17-18H,12-13H2,1-2H3/t17-/m0/s1. The Morgan fingerprint density at radius 1 is 1.00 bits per heavy atom. The van der Waals surface area contributed by atoms with E-state index in [0.717, 1.165) is 18.7 Å². The van der Waals surface area contributed by atoms with Crippen LogP contribution in [0.15, 0.2) is 54.6 Å². The summed E-state index contributed by atoms with van der Waals surface area (Å²) in [4.78, 5) is 0. The van der Waals surface area contributed by atoms with Crippen molar-refractivity contribution in [1.82, 2.24) is 5.32 Å². The molecule has 0 aliphatic carbocycles. The fourth-order valence-corrected chi connectivity index (χ4v) is 2.02. The smallest absolute Gasteiger partial charge is 0.125 e. The first-order chi connectivity index (χ1) is 9.29. The summed E-state index contributed by atoms with van der Waals surface area (Å²) in [6.45, 7) is 3.02. The molecule has 0 saturated heterocycles. The van der Waals surface area contributed by atoms with Crippen LogP contribution in [0.2, 0.25) is 0 Å². The minimum atomic E-state index is 0.0938. The van der Waals surface area contributed by atoms with E-state index in [9.17, 15) is 0 Å². The van der Waals surface area contributed by atoms with E-state index in [2.05, 4.69) is 48.6 Å². The van der Waals surface area contributed by atoms with Crippen LogP contribution in [0.1, 0.15) is 23.7 Å². The van der Waals surface area contributed by atoms with Gasteiger partial charge in [-0.2, -0.15) is 0 Å². The molecule has 0 spiro atoms. The minimum absolute atomic E-state index is 0.0938. The maximum absolute atomic E-state index is 6.12. The molecule has 0 unspecified atom stereocenters. The Kier molecular flexibility index (Phi) is 4.99. The van der Waals surface area contributed by atoms with Gasteiger partial charge in [-0.15, -0.1) is 0 Å². The SMILES string of the molecule is CNCC[C@H](Oc1ccc(C)cc1)c1ccccc1. The number of nitrogens with one attached hydrogen (secondary N) is 1. The third-order valence-electron chi connectivity index (χ3n) is 3.13. The summed E-state index contributed by atoms with van der Waals surface area (Å²) in [6.07, 6.45) is 1.05. The van der Waals surface area contributed by atoms with E-state index >= 15 is 0 Å². The Balaban J connectivity index is 2.11. The predicted octanol–water partition coefficient (Wildman–Crippen LogP) is 3.72. The van der Waals surface area contributed by atoms with Crippen LogP contribution >= 0.6 is 0 Å². The maximum Gasteiger partial charge on any atom is 0.125 e. The molecule has 0 aliphatic rings. The predicted molar refractivity (Wildman–Crippen MR) is 79.5 cm³/mol. The molecule has 0 fully saturated rings. The van der Waals surface area contributed by atoms with Crippen molar-refractivity contribution in [3.05, 3.63) is 65.7 Å². The normalized spacial score (nSPS) is 12.1. The van der Waals surface area contributed by atoms with E-state index in [1.165, 1.54) is 11.1 Å². The molecule has 0 amide bonds. The zero-order valence-electron chi connectivity index (χ0n) is 11.6. The van der Waals surface area contributed by atoms with Crippen LogP contribution in [0.25, 0.3) is 0 Å². The van der Waals surface area contributed by atoms with Crippen molar-refractivity contribution in [1.29, 1.82) is 0 Å². The highest BCUT2D eigenvalue weighted by Crippen LogP contribution is 2.24. The van der Waals surface area contributed by atoms with Crippen molar-refractivity contribution in [2.45, 2.75) is 19.4 Å². The molecular weight excluding hydrogens is 234 g/mol. The van der Waals surface area contributed by atoms with E-state index in [-0.39, 0.29) is 6.10 Å². The van der Waals surface area contributed by atoms with E-state index < -0.39 is 0 Å². The van der Waals surface area contributed by atoms with Crippen molar-refractivity contribution in [3.63, 3.8) is 0 Å². The van der Waals surface area contributed by atoms with Crippen LogP contribution in [0.4, 0.5) is 0 Å². The molecule has 1 atom stereocenters. The summed E-state index contributed by atoms with van der Waals surface area (Å²) in [6, 6.07) is 18.6. The van der Waals surface area contributed by atoms with Crippen LogP contribution in [-0.2, 0) is 0 Å². The molecule has 2 aromatic rings. The van der Waals surface area contributed by atoms with E-state index in [1.807, 2.05) is 25.2 Å². The van der Waals surface area contributed by atoms with Crippen LogP contribution < -0.4 is 10.1 Å². The van der Waals surface area contributed by atoms with Gasteiger partial charge >= 0.3 is 0 Å². The monoisotopic (exact) mass is 255 g/mol. The molecule has 2 rings (SSSR count). The van der Waals surface area contributed by atoms with Crippen LogP contribution in [0.3, 0.4) is 0 Å². The summed E-state index contributed by atoms with van der Waals surface area (Å²) >= 11 is 0. The molecule has 2 aromatic carbocycles. The molecule has 0 aromatic heterocycles. The fraction of sp³-hybridized carbons (Fsp3) is 0.294. The van der Waals surface area contributed by atoms with Gasteiger partial charge in [-0.1, -0.05) is 48.0 Å². The largest absolute Gasteiger partial charge is 0.486 e. The summed E-state index contributed by atoms with van der Waals surface area (Å²) in [5.74, 6) is 0.926. The molecule has 100 valence electrons. The Morgan fingerprint density at radius 3 is 2.32 bits per heavy atom. The molecule has 1 N–H and O–H groups in total. The Labute approximate surface area is 115 Å². The highest BCUT2D eigenvalue weighted by Gasteiger charge is 2.12. The van der Waals surface area contributed by atoms with Crippen LogP contribution in [0, 0.1) is 6.92 Å². The van der Waals surface area contributed by atoms with Gasteiger partial charge in [0.1, 0.15) is 11.9 Å². The molecule has 0 heterocycles. The second-order valence-corrected chi connectivity index (χ2v) is 4.72. The van der Waals surface area contributed by atoms with Gasteiger partial charge < -0.3 is 10.1 Å². The second kappa shape index (κ2) is 6.95. The highest BCUT2D eigenvalue weighted by molar-refractivity contribution is 5.28. The van der Waals surface area contributed by atoms with Gasteiger partial charge in [-0.3, -0.25) is 0 Å². The molecule has 0 saturated carbocycles. The number of aryl methyl sites for hydroxylation is 1. The van der Waals surface area contributed by atoms with Crippen molar-refractivity contribution >= 4 is 0 Å². The lowest BCUT2D eigenvalue weighted by molar-refractivity contribution is 0.195. The summed E-state index contributed by atoms with van der Waals surface area (Å²) in [5.41, 5.74) is 2.47. The van der Waals surface area contributed by atoms with Crippen molar-refractivity contribution in [2.75, 3.05) is 13.6 Å². The first-order valence-corrected chi connectivity index (χ1v) is 6.72. The second-order valence-electron chi connectivity index (χ2n) is 4.72. The lowest BCUT2D eigenvalue weighted by atomic mass is 10.1. The lowest BCUT2D eigenvalue weighted by Gasteiger charge is -2.19. The van der Waals surface area contributed by atoms with E-state index in [0.29, 0.717) is 0 Å². The molecule has 0 radical (unpaired) electrons. The number of ether oxygens (including phenoxy) is 1. The average Bonchev–Trinajstić information content (AvgIpc) is 2.46. The van der Waals surface area contributed by atoms with Gasteiger partial charge in [0.2, 0.25) is 0 Å². The van der Waals surface area contributed by atoms with Crippen molar-refractivity contribution < 1.29 is 4.74 Å². The molecule has 0 bridgehead atoms. The molecule has 2 nitrogen and oxygen atoms in total. The summed E-state index contributed by atoms with van der Waals surface area (Å²) < 4.78 is 6.12. The zero-order valence-corrected chi connectivity index (χ0v) is 11.6. The summed E-state index contributed by atoms with van der Waals surface area (Å²) in [7, 11) is 1.97. The number of rotatable bonds is 6. The van der Waals surface area contributed by atoms with Gasteiger partial charge in [0.05, 0.1) is 0 Å². The van der Waals surface area contributed by atoms with Gasteiger partial charge in [0.25, 0.3) is 0 Å².